The molecule has 0 aromatic carbocycles. The molecule has 0 saturated carbocycles. The molecule has 0 radical (unpaired) electrons. The smallest absolute Gasteiger partial charge is 0.169 e. The van der Waals surface area contributed by atoms with Crippen LogP contribution in [0.2, 0.25) is 0 Å². The Bertz CT molecular complexity index is 440. The van der Waals surface area contributed by atoms with Gasteiger partial charge in [0.25, 0.3) is 0 Å². The number of halogens is 1. The van der Waals surface area contributed by atoms with Gasteiger partial charge in [0.05, 0.1) is 18.1 Å². The van der Waals surface area contributed by atoms with Crippen LogP contribution in [0.3, 0.4) is 0 Å². The SMILES string of the molecule is O=S1(=O)CC[C@H](NCc2ccc(Br)o2)C1. The highest BCUT2D eigenvalue weighted by Gasteiger charge is 2.27. The Morgan fingerprint density at radius 2 is 2.33 bits per heavy atom. The maximum Gasteiger partial charge on any atom is 0.169 e. The largest absolute Gasteiger partial charge is 0.453 e. The monoisotopic (exact) mass is 293 g/mol. The molecule has 1 atom stereocenters. The summed E-state index contributed by atoms with van der Waals surface area (Å²) in [6, 6.07) is 3.75. The Kier molecular flexibility index (Phi) is 3.18. The van der Waals surface area contributed by atoms with Gasteiger partial charge in [-0.2, -0.15) is 0 Å². The number of hydrogen-bond donors (Lipinski definition) is 1. The molecule has 2 rings (SSSR count). The summed E-state index contributed by atoms with van der Waals surface area (Å²) >= 11 is 3.21. The molecule has 1 aliphatic heterocycles. The third-order valence-corrected chi connectivity index (χ3v) is 4.62. The first-order valence-electron chi connectivity index (χ1n) is 4.73. The Hall–Kier alpha value is -0.330. The zero-order chi connectivity index (χ0) is 10.9. The molecular weight excluding hydrogens is 282 g/mol. The van der Waals surface area contributed by atoms with Gasteiger partial charge in [0.1, 0.15) is 5.76 Å². The Balaban J connectivity index is 1.85. The highest BCUT2D eigenvalue weighted by molar-refractivity contribution is 9.10. The van der Waals surface area contributed by atoms with Gasteiger partial charge in [0, 0.05) is 6.04 Å². The number of rotatable bonds is 3. The molecule has 1 fully saturated rings. The van der Waals surface area contributed by atoms with Crippen LogP contribution in [0.1, 0.15) is 12.2 Å². The molecule has 1 aromatic rings. The lowest BCUT2D eigenvalue weighted by Crippen LogP contribution is -2.29. The third kappa shape index (κ3) is 3.06. The number of sulfone groups is 1. The van der Waals surface area contributed by atoms with Crippen LogP contribution in [0.4, 0.5) is 0 Å². The Morgan fingerprint density at radius 3 is 2.87 bits per heavy atom. The fourth-order valence-electron chi connectivity index (χ4n) is 1.65. The number of furan rings is 1. The fourth-order valence-corrected chi connectivity index (χ4v) is 3.70. The van der Waals surface area contributed by atoms with E-state index in [1.807, 2.05) is 12.1 Å². The first kappa shape index (κ1) is 11.2. The lowest BCUT2D eigenvalue weighted by Gasteiger charge is -2.08. The highest BCUT2D eigenvalue weighted by atomic mass is 79.9. The van der Waals surface area contributed by atoms with Crippen LogP contribution in [-0.4, -0.2) is 26.0 Å². The van der Waals surface area contributed by atoms with E-state index in [1.54, 1.807) is 0 Å². The van der Waals surface area contributed by atoms with Crippen molar-refractivity contribution in [3.8, 4) is 0 Å². The summed E-state index contributed by atoms with van der Waals surface area (Å²) < 4.78 is 28.4. The van der Waals surface area contributed by atoms with Crippen molar-refractivity contribution in [2.24, 2.45) is 0 Å². The molecule has 1 aromatic heterocycles. The van der Waals surface area contributed by atoms with E-state index in [9.17, 15) is 8.42 Å². The van der Waals surface area contributed by atoms with Crippen LogP contribution >= 0.6 is 15.9 Å². The molecule has 1 aliphatic rings. The van der Waals surface area contributed by atoms with Gasteiger partial charge in [-0.25, -0.2) is 8.42 Å². The summed E-state index contributed by atoms with van der Waals surface area (Å²) in [5.41, 5.74) is 0. The second kappa shape index (κ2) is 4.27. The van der Waals surface area contributed by atoms with Gasteiger partial charge in [-0.1, -0.05) is 0 Å². The van der Waals surface area contributed by atoms with E-state index in [2.05, 4.69) is 21.2 Å². The van der Waals surface area contributed by atoms with Crippen molar-refractivity contribution < 1.29 is 12.8 Å². The van der Waals surface area contributed by atoms with Crippen molar-refractivity contribution in [1.82, 2.24) is 5.32 Å². The summed E-state index contributed by atoms with van der Waals surface area (Å²) in [5.74, 6) is 1.35. The Morgan fingerprint density at radius 1 is 1.53 bits per heavy atom. The van der Waals surface area contributed by atoms with Crippen LogP contribution < -0.4 is 5.32 Å². The van der Waals surface area contributed by atoms with Crippen LogP contribution in [0, 0.1) is 0 Å². The molecule has 4 nitrogen and oxygen atoms in total. The van der Waals surface area contributed by atoms with E-state index < -0.39 is 9.84 Å². The van der Waals surface area contributed by atoms with Crippen molar-refractivity contribution >= 4 is 25.8 Å². The van der Waals surface area contributed by atoms with Crippen molar-refractivity contribution in [2.45, 2.75) is 19.0 Å². The van der Waals surface area contributed by atoms with Gasteiger partial charge in [-0.05, 0) is 34.5 Å². The molecular formula is C9H12BrNO3S. The average molecular weight is 294 g/mol. The maximum absolute atomic E-state index is 11.2. The molecule has 84 valence electrons. The molecule has 0 bridgehead atoms. The minimum Gasteiger partial charge on any atom is -0.453 e. The fraction of sp³-hybridized carbons (Fsp3) is 0.556. The predicted octanol–water partition coefficient (Wildman–Crippen LogP) is 1.32. The highest BCUT2D eigenvalue weighted by Crippen LogP contribution is 2.15. The quantitative estimate of drug-likeness (QED) is 0.913. The minimum absolute atomic E-state index is 0.0684. The van der Waals surface area contributed by atoms with Crippen molar-refractivity contribution in [3.05, 3.63) is 22.6 Å². The van der Waals surface area contributed by atoms with E-state index >= 15 is 0 Å². The maximum atomic E-state index is 11.2. The number of nitrogens with one attached hydrogen (secondary N) is 1. The van der Waals surface area contributed by atoms with Crippen molar-refractivity contribution in [3.63, 3.8) is 0 Å². The van der Waals surface area contributed by atoms with Gasteiger partial charge in [0.2, 0.25) is 0 Å². The zero-order valence-electron chi connectivity index (χ0n) is 8.07. The standard InChI is InChI=1S/C9H12BrNO3S/c10-9-2-1-8(14-9)5-11-7-3-4-15(12,13)6-7/h1-2,7,11H,3-6H2/t7-/m0/s1. The summed E-state index contributed by atoms with van der Waals surface area (Å²) in [4.78, 5) is 0. The summed E-state index contributed by atoms with van der Waals surface area (Å²) in [5, 5.41) is 3.17. The van der Waals surface area contributed by atoms with Gasteiger partial charge in [-0.15, -0.1) is 0 Å². The first-order chi connectivity index (χ1) is 7.05. The predicted molar refractivity (Wildman–Crippen MR) is 60.3 cm³/mol. The molecule has 0 spiro atoms. The molecule has 0 amide bonds. The van der Waals surface area contributed by atoms with E-state index in [0.29, 0.717) is 23.4 Å². The molecule has 0 unspecified atom stereocenters. The molecule has 1 saturated heterocycles. The minimum atomic E-state index is -2.80. The van der Waals surface area contributed by atoms with Crippen molar-refractivity contribution in [1.29, 1.82) is 0 Å². The average Bonchev–Trinajstić information content (AvgIpc) is 2.69. The number of hydrogen-bond acceptors (Lipinski definition) is 4. The molecule has 6 heteroatoms. The lowest BCUT2D eigenvalue weighted by atomic mass is 10.2. The van der Waals surface area contributed by atoms with E-state index in [-0.39, 0.29) is 11.8 Å². The summed E-state index contributed by atoms with van der Waals surface area (Å²) in [6.07, 6.45) is 0.699. The summed E-state index contributed by atoms with van der Waals surface area (Å²) in [7, 11) is -2.80. The molecule has 15 heavy (non-hydrogen) atoms. The molecule has 1 N–H and O–H groups in total. The van der Waals surface area contributed by atoms with E-state index in [1.165, 1.54) is 0 Å². The first-order valence-corrected chi connectivity index (χ1v) is 7.35. The summed E-state index contributed by atoms with van der Waals surface area (Å²) in [6.45, 7) is 0.575. The van der Waals surface area contributed by atoms with Crippen LogP contribution in [-0.2, 0) is 16.4 Å². The van der Waals surface area contributed by atoms with Gasteiger partial charge < -0.3 is 9.73 Å². The van der Waals surface area contributed by atoms with E-state index in [4.69, 9.17) is 4.42 Å². The van der Waals surface area contributed by atoms with Crippen molar-refractivity contribution in [2.75, 3.05) is 11.5 Å². The second-order valence-corrected chi connectivity index (χ2v) is 6.70. The zero-order valence-corrected chi connectivity index (χ0v) is 10.5. The van der Waals surface area contributed by atoms with E-state index in [0.717, 1.165) is 5.76 Å². The van der Waals surface area contributed by atoms with Gasteiger partial charge >= 0.3 is 0 Å². The van der Waals surface area contributed by atoms with Gasteiger partial charge in [0.15, 0.2) is 14.5 Å². The van der Waals surface area contributed by atoms with Gasteiger partial charge in [-0.3, -0.25) is 0 Å². The molecule has 2 heterocycles. The normalized spacial score (nSPS) is 24.5. The Labute approximate surface area is 97.1 Å². The van der Waals surface area contributed by atoms with Crippen LogP contribution in [0.25, 0.3) is 0 Å². The second-order valence-electron chi connectivity index (χ2n) is 3.69. The topological polar surface area (TPSA) is 59.3 Å². The molecule has 0 aliphatic carbocycles. The lowest BCUT2D eigenvalue weighted by molar-refractivity contribution is 0.444. The third-order valence-electron chi connectivity index (χ3n) is 2.43. The van der Waals surface area contributed by atoms with Crippen LogP contribution in [0.15, 0.2) is 21.2 Å². The van der Waals surface area contributed by atoms with Crippen LogP contribution in [0.5, 0.6) is 0 Å².